The molecule has 1 fully saturated rings. The molecule has 1 aliphatic rings. The number of amides is 1. The van der Waals surface area contributed by atoms with Crippen LogP contribution in [-0.4, -0.2) is 50.6 Å². The van der Waals surface area contributed by atoms with Crippen LogP contribution in [0.2, 0.25) is 5.02 Å². The number of Topliss-reactive ketones (excluding diaryl/α,β-unsaturated/α-hetero) is 1. The summed E-state index contributed by atoms with van der Waals surface area (Å²) in [6.07, 6.45) is 0.796. The summed E-state index contributed by atoms with van der Waals surface area (Å²) in [5.74, 6) is -1.83. The zero-order valence-electron chi connectivity index (χ0n) is 13.6. The summed E-state index contributed by atoms with van der Waals surface area (Å²) in [7, 11) is 0. The lowest BCUT2D eigenvalue weighted by Gasteiger charge is -2.23. The van der Waals surface area contributed by atoms with Gasteiger partial charge in [0.1, 0.15) is 6.04 Å². The molecule has 1 aromatic carbocycles. The van der Waals surface area contributed by atoms with Gasteiger partial charge in [-0.1, -0.05) is 23.4 Å². The fourth-order valence-electron chi connectivity index (χ4n) is 2.79. The Labute approximate surface area is 154 Å². The second-order valence-electron chi connectivity index (χ2n) is 5.76. The Bertz CT molecular complexity index is 691. The highest BCUT2D eigenvalue weighted by atomic mass is 35.5. The van der Waals surface area contributed by atoms with Gasteiger partial charge in [-0.05, 0) is 37.1 Å². The highest BCUT2D eigenvalue weighted by Crippen LogP contribution is 2.25. The van der Waals surface area contributed by atoms with Gasteiger partial charge in [0, 0.05) is 30.5 Å². The Morgan fingerprint density at radius 2 is 1.92 bits per heavy atom. The number of aliphatic carboxylic acids is 1. The third-order valence-electron chi connectivity index (χ3n) is 3.95. The van der Waals surface area contributed by atoms with Crippen LogP contribution in [0.15, 0.2) is 24.3 Å². The van der Waals surface area contributed by atoms with Gasteiger partial charge in [0.15, 0.2) is 10.9 Å². The number of hydrogen-bond acceptors (Lipinski definition) is 5. The van der Waals surface area contributed by atoms with E-state index in [4.69, 9.17) is 11.6 Å². The lowest BCUT2D eigenvalue weighted by Crippen LogP contribution is -2.42. The second-order valence-corrected chi connectivity index (χ2v) is 7.57. The van der Waals surface area contributed by atoms with Gasteiger partial charge in [0.2, 0.25) is 5.91 Å². The number of thioether (sulfide) groups is 1. The summed E-state index contributed by atoms with van der Waals surface area (Å²) in [5.41, 5.74) is 0.354. The molecule has 0 bridgehead atoms. The molecule has 1 aliphatic heterocycles. The topological polar surface area (TPSA) is 91.8 Å². The summed E-state index contributed by atoms with van der Waals surface area (Å²) < 4.78 is 0. The van der Waals surface area contributed by atoms with E-state index in [9.17, 15) is 24.3 Å². The van der Waals surface area contributed by atoms with Crippen molar-refractivity contribution in [1.82, 2.24) is 4.90 Å². The molecule has 0 radical (unpaired) electrons. The zero-order chi connectivity index (χ0) is 18.6. The monoisotopic (exact) mass is 383 g/mol. The summed E-state index contributed by atoms with van der Waals surface area (Å²) >= 11 is 6.60. The van der Waals surface area contributed by atoms with Crippen LogP contribution in [0.3, 0.4) is 0 Å². The number of benzene rings is 1. The summed E-state index contributed by atoms with van der Waals surface area (Å²) in [6.45, 7) is 1.68. The highest BCUT2D eigenvalue weighted by Gasteiger charge is 2.36. The van der Waals surface area contributed by atoms with E-state index in [0.717, 1.165) is 11.8 Å². The molecular weight excluding hydrogens is 366 g/mol. The van der Waals surface area contributed by atoms with Crippen LogP contribution in [0.25, 0.3) is 0 Å². The smallest absolute Gasteiger partial charge is 0.326 e. The van der Waals surface area contributed by atoms with Crippen molar-refractivity contribution in [2.24, 2.45) is 0 Å². The quantitative estimate of drug-likeness (QED) is 0.759. The van der Waals surface area contributed by atoms with Crippen LogP contribution >= 0.6 is 23.4 Å². The Kier molecular flexibility index (Phi) is 6.61. The minimum absolute atomic E-state index is 0.213. The third kappa shape index (κ3) is 5.06. The zero-order valence-corrected chi connectivity index (χ0v) is 15.2. The second kappa shape index (κ2) is 8.49. The maximum atomic E-state index is 12.7. The number of ketones is 1. The summed E-state index contributed by atoms with van der Waals surface area (Å²) in [6, 6.07) is 5.35. The predicted molar refractivity (Wildman–Crippen MR) is 94.8 cm³/mol. The molecule has 8 heteroatoms. The van der Waals surface area contributed by atoms with Crippen LogP contribution in [0.4, 0.5) is 0 Å². The molecule has 1 saturated heterocycles. The number of rotatable bonds is 6. The van der Waals surface area contributed by atoms with E-state index in [-0.39, 0.29) is 17.3 Å². The van der Waals surface area contributed by atoms with E-state index in [1.807, 2.05) is 0 Å². The van der Waals surface area contributed by atoms with E-state index < -0.39 is 23.2 Å². The Hall–Kier alpha value is -1.86. The van der Waals surface area contributed by atoms with Gasteiger partial charge in [-0.2, -0.15) is 0 Å². The average molecular weight is 384 g/mol. The lowest BCUT2D eigenvalue weighted by atomic mass is 10.1. The molecule has 1 amide bonds. The molecule has 1 aromatic rings. The van der Waals surface area contributed by atoms with Crippen LogP contribution in [0.5, 0.6) is 0 Å². The average Bonchev–Trinajstić information content (AvgIpc) is 3.04. The van der Waals surface area contributed by atoms with E-state index in [0.29, 0.717) is 30.0 Å². The van der Waals surface area contributed by atoms with E-state index >= 15 is 0 Å². The van der Waals surface area contributed by atoms with Gasteiger partial charge >= 0.3 is 5.97 Å². The number of carboxylic acids is 1. The minimum atomic E-state index is -1.05. The van der Waals surface area contributed by atoms with Gasteiger partial charge in [-0.3, -0.25) is 14.4 Å². The molecule has 1 unspecified atom stereocenters. The molecule has 1 N–H and O–H groups in total. The highest BCUT2D eigenvalue weighted by molar-refractivity contribution is 8.14. The van der Waals surface area contributed by atoms with Crippen LogP contribution in [-0.2, 0) is 14.4 Å². The first-order valence-corrected chi connectivity index (χ1v) is 9.04. The fraction of sp³-hybridized carbons (Fsp3) is 0.412. The first-order chi connectivity index (χ1) is 11.8. The van der Waals surface area contributed by atoms with Crippen molar-refractivity contribution in [1.29, 1.82) is 0 Å². The summed E-state index contributed by atoms with van der Waals surface area (Å²) in [5, 5.41) is 8.50. The number of nitrogens with zero attached hydrogens (tertiary/aromatic N) is 1. The van der Waals surface area contributed by atoms with Crippen LogP contribution in [0, 0.1) is 0 Å². The molecule has 134 valence electrons. The number of hydrogen-bond donors (Lipinski definition) is 1. The van der Waals surface area contributed by atoms with Crippen LogP contribution in [0.1, 0.15) is 36.5 Å². The van der Waals surface area contributed by atoms with Gasteiger partial charge in [-0.25, -0.2) is 4.79 Å². The molecule has 0 saturated carbocycles. The number of likely N-dealkylation sites (tertiary alicyclic amines) is 1. The van der Waals surface area contributed by atoms with E-state index in [2.05, 4.69) is 0 Å². The first kappa shape index (κ1) is 19.5. The molecule has 6 nitrogen and oxygen atoms in total. The molecule has 1 heterocycles. The van der Waals surface area contributed by atoms with Crippen molar-refractivity contribution < 1.29 is 24.3 Å². The Balaban J connectivity index is 2.15. The largest absolute Gasteiger partial charge is 0.480 e. The first-order valence-electron chi connectivity index (χ1n) is 7.79. The van der Waals surface area contributed by atoms with Crippen LogP contribution < -0.4 is 0 Å². The van der Waals surface area contributed by atoms with Gasteiger partial charge in [0.25, 0.3) is 0 Å². The standard InChI is InChI=1S/C17H18ClNO5S/c1-10(20)25-14(16(22)11-4-6-12(18)7-5-11)9-15(21)19-8-2-3-13(19)17(23)24/h4-7,13-14H,2-3,8-9H2,1H3,(H,23,24)/t13-,14?/m0/s1. The fourth-order valence-corrected chi connectivity index (χ4v) is 3.78. The normalized spacial score (nSPS) is 18.0. The van der Waals surface area contributed by atoms with E-state index in [1.54, 1.807) is 24.3 Å². The molecule has 0 aromatic heterocycles. The number of carboxylic acid groups (broad SMARTS) is 1. The molecule has 0 spiro atoms. The maximum Gasteiger partial charge on any atom is 0.326 e. The minimum Gasteiger partial charge on any atom is -0.480 e. The predicted octanol–water partition coefficient (Wildman–Crippen LogP) is 2.64. The third-order valence-corrected chi connectivity index (χ3v) is 5.20. The van der Waals surface area contributed by atoms with Gasteiger partial charge in [-0.15, -0.1) is 0 Å². The molecule has 2 atom stereocenters. The van der Waals surface area contributed by atoms with Gasteiger partial charge < -0.3 is 10.0 Å². The molecule has 25 heavy (non-hydrogen) atoms. The Morgan fingerprint density at radius 3 is 2.48 bits per heavy atom. The van der Waals surface area contributed by atoms with Gasteiger partial charge in [0.05, 0.1) is 5.25 Å². The van der Waals surface area contributed by atoms with Crippen molar-refractivity contribution in [3.05, 3.63) is 34.9 Å². The van der Waals surface area contributed by atoms with Crippen molar-refractivity contribution in [2.75, 3.05) is 6.54 Å². The SMILES string of the molecule is CC(=O)SC(CC(=O)N1CCC[C@H]1C(=O)O)C(=O)c1ccc(Cl)cc1. The summed E-state index contributed by atoms with van der Waals surface area (Å²) in [4.78, 5) is 49.2. The maximum absolute atomic E-state index is 12.7. The molecular formula is C17H18ClNO5S. The number of halogens is 1. The number of carbonyl (C=O) groups is 4. The van der Waals surface area contributed by atoms with Crippen molar-refractivity contribution in [2.45, 2.75) is 37.5 Å². The van der Waals surface area contributed by atoms with E-state index in [1.165, 1.54) is 11.8 Å². The van der Waals surface area contributed by atoms with Crippen molar-refractivity contribution >= 4 is 46.1 Å². The Morgan fingerprint density at radius 1 is 1.28 bits per heavy atom. The molecule has 0 aliphatic carbocycles. The number of carbonyl (C=O) groups excluding carboxylic acids is 3. The molecule has 2 rings (SSSR count). The van der Waals surface area contributed by atoms with Crippen molar-refractivity contribution in [3.63, 3.8) is 0 Å². The van der Waals surface area contributed by atoms with Crippen molar-refractivity contribution in [3.8, 4) is 0 Å². The lowest BCUT2D eigenvalue weighted by molar-refractivity contribution is -0.148.